The Morgan fingerprint density at radius 1 is 1.26 bits per heavy atom. The fourth-order valence-electron chi connectivity index (χ4n) is 3.69. The Morgan fingerprint density at radius 2 is 2.09 bits per heavy atom. The number of carbonyl (C=O) groups excluding carboxylic acids is 1. The van der Waals surface area contributed by atoms with Crippen molar-refractivity contribution in [3.63, 3.8) is 0 Å². The van der Waals surface area contributed by atoms with Crippen LogP contribution in [0.1, 0.15) is 28.9 Å². The van der Waals surface area contributed by atoms with E-state index >= 15 is 0 Å². The van der Waals surface area contributed by atoms with Gasteiger partial charge in [0.15, 0.2) is 0 Å². The first-order valence-electron chi connectivity index (χ1n) is 7.85. The first-order chi connectivity index (χ1) is 11.1. The van der Waals surface area contributed by atoms with Crippen LogP contribution in [-0.4, -0.2) is 40.9 Å². The number of fused-ring (bicyclic) bond motifs is 3. The van der Waals surface area contributed by atoms with Gasteiger partial charge in [-0.25, -0.2) is 0 Å². The lowest BCUT2D eigenvalue weighted by molar-refractivity contribution is -0.384. The molecule has 0 saturated carbocycles. The van der Waals surface area contributed by atoms with Gasteiger partial charge < -0.3 is 10.2 Å². The van der Waals surface area contributed by atoms with Crippen LogP contribution in [0.15, 0.2) is 24.3 Å². The molecular weight excluding hydrogens is 314 g/mol. The van der Waals surface area contributed by atoms with Gasteiger partial charge in [-0.05, 0) is 37.9 Å². The number of nitro groups is 1. The Morgan fingerprint density at radius 3 is 2.91 bits per heavy atom. The Balaban J connectivity index is 1.68. The number of nitrogens with one attached hydrogen (secondary N) is 1. The van der Waals surface area contributed by atoms with E-state index in [1.165, 1.54) is 17.4 Å². The maximum absolute atomic E-state index is 13.0. The van der Waals surface area contributed by atoms with Crippen LogP contribution in [0.25, 0.3) is 10.1 Å². The number of rotatable bonds is 2. The van der Waals surface area contributed by atoms with Gasteiger partial charge in [0.25, 0.3) is 11.6 Å². The van der Waals surface area contributed by atoms with Gasteiger partial charge in [-0.15, -0.1) is 11.3 Å². The summed E-state index contributed by atoms with van der Waals surface area (Å²) in [5.74, 6) is 0.0741. The van der Waals surface area contributed by atoms with Crippen LogP contribution in [0.2, 0.25) is 0 Å². The number of non-ortho nitro benzene ring substituents is 1. The molecule has 23 heavy (non-hydrogen) atoms. The molecule has 1 amide bonds. The summed E-state index contributed by atoms with van der Waals surface area (Å²) in [7, 11) is 0. The van der Waals surface area contributed by atoms with Gasteiger partial charge in [-0.2, -0.15) is 0 Å². The number of thiophene rings is 1. The monoisotopic (exact) mass is 331 g/mol. The predicted octanol–water partition coefficient (Wildman–Crippen LogP) is 2.78. The molecule has 1 aromatic heterocycles. The van der Waals surface area contributed by atoms with Gasteiger partial charge >= 0.3 is 0 Å². The molecule has 120 valence electrons. The quantitative estimate of drug-likeness (QED) is 0.678. The van der Waals surface area contributed by atoms with Crippen LogP contribution in [0, 0.1) is 10.1 Å². The molecular formula is C16H17N3O3S. The highest BCUT2D eigenvalue weighted by Crippen LogP contribution is 2.34. The number of hydrogen-bond donors (Lipinski definition) is 1. The van der Waals surface area contributed by atoms with E-state index in [2.05, 4.69) is 5.32 Å². The molecule has 2 fully saturated rings. The lowest BCUT2D eigenvalue weighted by atomic mass is 10.1. The minimum absolute atomic E-state index is 0.0633. The summed E-state index contributed by atoms with van der Waals surface area (Å²) in [6.07, 6.45) is 3.13. The molecule has 3 heterocycles. The van der Waals surface area contributed by atoms with E-state index in [9.17, 15) is 14.9 Å². The standard InChI is InChI=1S/C16H17N3O3S/c20-16(18-11-1-2-13(18)9-17-6-5-11)15-8-10-7-12(19(21)22)3-4-14(10)23-15/h3-4,7-8,11,13,17H,1-2,5-6,9H2. The van der Waals surface area contributed by atoms with Crippen molar-refractivity contribution in [3.8, 4) is 0 Å². The van der Waals surface area contributed by atoms with E-state index < -0.39 is 4.92 Å². The Kier molecular flexibility index (Phi) is 3.54. The van der Waals surface area contributed by atoms with E-state index in [0.29, 0.717) is 10.9 Å². The summed E-state index contributed by atoms with van der Waals surface area (Å²) >= 11 is 1.42. The molecule has 2 aromatic rings. The highest BCUT2D eigenvalue weighted by atomic mass is 32.1. The number of carbonyl (C=O) groups is 1. The summed E-state index contributed by atoms with van der Waals surface area (Å²) in [4.78, 5) is 26.2. The smallest absolute Gasteiger partial charge is 0.270 e. The third-order valence-electron chi connectivity index (χ3n) is 4.81. The first kappa shape index (κ1) is 14.6. The molecule has 0 radical (unpaired) electrons. The summed E-state index contributed by atoms with van der Waals surface area (Å²) in [6, 6.07) is 7.16. The minimum Gasteiger partial charge on any atom is -0.331 e. The molecule has 4 rings (SSSR count). The highest BCUT2D eigenvalue weighted by Gasteiger charge is 2.38. The molecule has 2 atom stereocenters. The molecule has 0 aliphatic carbocycles. The summed E-state index contributed by atoms with van der Waals surface area (Å²) in [6.45, 7) is 1.82. The van der Waals surface area contributed by atoms with Gasteiger partial charge in [0.1, 0.15) is 0 Å². The SMILES string of the molecule is O=C(c1cc2cc([N+](=O)[O-])ccc2s1)N1C2CCNCC1CC2. The first-order valence-corrected chi connectivity index (χ1v) is 8.66. The van der Waals surface area contributed by atoms with Crippen molar-refractivity contribution in [2.45, 2.75) is 31.3 Å². The molecule has 1 aromatic carbocycles. The summed E-state index contributed by atoms with van der Waals surface area (Å²) < 4.78 is 0.916. The van der Waals surface area contributed by atoms with Crippen LogP contribution in [0.3, 0.4) is 0 Å². The average molecular weight is 331 g/mol. The zero-order valence-corrected chi connectivity index (χ0v) is 13.3. The molecule has 2 bridgehead atoms. The fourth-order valence-corrected chi connectivity index (χ4v) is 4.68. The largest absolute Gasteiger partial charge is 0.331 e. The van der Waals surface area contributed by atoms with Crippen molar-refractivity contribution in [1.82, 2.24) is 10.2 Å². The van der Waals surface area contributed by atoms with Crippen molar-refractivity contribution in [2.75, 3.05) is 13.1 Å². The minimum atomic E-state index is -0.403. The number of hydrogen-bond acceptors (Lipinski definition) is 5. The fraction of sp³-hybridized carbons (Fsp3) is 0.438. The molecule has 0 spiro atoms. The van der Waals surface area contributed by atoms with E-state index in [1.54, 1.807) is 18.2 Å². The van der Waals surface area contributed by atoms with Gasteiger partial charge in [-0.3, -0.25) is 14.9 Å². The van der Waals surface area contributed by atoms with Gasteiger partial charge in [0, 0.05) is 40.8 Å². The number of nitro benzene ring substituents is 1. The lowest BCUT2D eigenvalue weighted by Crippen LogP contribution is -2.42. The second-order valence-electron chi connectivity index (χ2n) is 6.18. The number of amides is 1. The normalized spacial score (nSPS) is 23.9. The van der Waals surface area contributed by atoms with E-state index in [1.807, 2.05) is 4.90 Å². The van der Waals surface area contributed by atoms with Crippen molar-refractivity contribution in [2.24, 2.45) is 0 Å². The maximum atomic E-state index is 13.0. The van der Waals surface area contributed by atoms with Crippen LogP contribution >= 0.6 is 11.3 Å². The van der Waals surface area contributed by atoms with Crippen LogP contribution in [0.5, 0.6) is 0 Å². The zero-order chi connectivity index (χ0) is 16.0. The Labute approximate surface area is 137 Å². The van der Waals surface area contributed by atoms with Crippen LogP contribution in [-0.2, 0) is 0 Å². The number of benzene rings is 1. The molecule has 6 nitrogen and oxygen atoms in total. The van der Waals surface area contributed by atoms with Gasteiger partial charge in [0.05, 0.1) is 9.80 Å². The molecule has 2 aliphatic heterocycles. The maximum Gasteiger partial charge on any atom is 0.270 e. The zero-order valence-electron chi connectivity index (χ0n) is 12.5. The third kappa shape index (κ3) is 2.49. The van der Waals surface area contributed by atoms with E-state index in [0.717, 1.165) is 42.4 Å². The average Bonchev–Trinajstić information content (AvgIpc) is 3.05. The van der Waals surface area contributed by atoms with Gasteiger partial charge in [-0.1, -0.05) is 0 Å². The second-order valence-corrected chi connectivity index (χ2v) is 7.26. The van der Waals surface area contributed by atoms with E-state index in [4.69, 9.17) is 0 Å². The topological polar surface area (TPSA) is 75.5 Å². The second kappa shape index (κ2) is 5.58. The molecule has 2 saturated heterocycles. The molecule has 7 heteroatoms. The Bertz CT molecular complexity index is 774. The van der Waals surface area contributed by atoms with Crippen molar-refractivity contribution >= 4 is 33.0 Å². The molecule has 2 aliphatic rings. The summed E-state index contributed by atoms with van der Waals surface area (Å²) in [5.41, 5.74) is 0.0633. The van der Waals surface area contributed by atoms with Crippen molar-refractivity contribution in [3.05, 3.63) is 39.3 Å². The number of nitrogens with zero attached hydrogens (tertiary/aromatic N) is 2. The van der Waals surface area contributed by atoms with Crippen molar-refractivity contribution in [1.29, 1.82) is 0 Å². The van der Waals surface area contributed by atoms with Gasteiger partial charge in [0.2, 0.25) is 0 Å². The summed E-state index contributed by atoms with van der Waals surface area (Å²) in [5, 5.41) is 15.1. The van der Waals surface area contributed by atoms with Crippen molar-refractivity contribution < 1.29 is 9.72 Å². The predicted molar refractivity (Wildman–Crippen MR) is 88.9 cm³/mol. The third-order valence-corrected chi connectivity index (χ3v) is 5.91. The van der Waals surface area contributed by atoms with Crippen LogP contribution < -0.4 is 5.32 Å². The molecule has 2 unspecified atom stereocenters. The van der Waals surface area contributed by atoms with E-state index in [-0.39, 0.29) is 17.6 Å². The highest BCUT2D eigenvalue weighted by molar-refractivity contribution is 7.20. The Hall–Kier alpha value is -1.99. The van der Waals surface area contributed by atoms with Crippen LogP contribution in [0.4, 0.5) is 5.69 Å². The lowest BCUT2D eigenvalue weighted by Gasteiger charge is -2.27. The molecule has 1 N–H and O–H groups in total.